The van der Waals surface area contributed by atoms with Crippen LogP contribution in [-0.4, -0.2) is 11.2 Å². The van der Waals surface area contributed by atoms with E-state index in [0.717, 1.165) is 6.29 Å². The molecule has 0 aromatic heterocycles. The van der Waals surface area contributed by atoms with Crippen molar-refractivity contribution in [1.82, 2.24) is 0 Å². The number of rotatable bonds is 4. The summed E-state index contributed by atoms with van der Waals surface area (Å²) in [7, 11) is 0. The van der Waals surface area contributed by atoms with E-state index in [1.807, 2.05) is 6.92 Å². The Bertz CT molecular complexity index is 182. The van der Waals surface area contributed by atoms with Crippen molar-refractivity contribution in [3.8, 4) is 0 Å². The quantitative estimate of drug-likeness (QED) is 0.687. The van der Waals surface area contributed by atoms with Gasteiger partial charge in [0, 0.05) is 0 Å². The first-order valence-electron chi connectivity index (χ1n) is 5.73. The third-order valence-corrected chi connectivity index (χ3v) is 3.60. The summed E-state index contributed by atoms with van der Waals surface area (Å²) < 4.78 is 11.7. The lowest BCUT2D eigenvalue weighted by Crippen LogP contribution is -2.42. The lowest BCUT2D eigenvalue weighted by molar-refractivity contribution is -0.205. The molecule has 0 aromatic rings. The Morgan fingerprint density at radius 3 is 1.43 bits per heavy atom. The molecule has 0 N–H and O–H groups in total. The van der Waals surface area contributed by atoms with E-state index in [1.54, 1.807) is 0 Å². The molecule has 2 aliphatic rings. The van der Waals surface area contributed by atoms with Crippen LogP contribution in [0.2, 0.25) is 0 Å². The highest BCUT2D eigenvalue weighted by Crippen LogP contribution is 2.41. The standard InChI is InChI=1S/C12H21O2/c1-10(13-11(2)6-4-7-11)14-12(3)8-5-9-12/h4-9H2,1-3H3. The Balaban J connectivity index is 1.75. The summed E-state index contributed by atoms with van der Waals surface area (Å²) >= 11 is 0. The van der Waals surface area contributed by atoms with Crippen LogP contribution in [0.4, 0.5) is 0 Å². The van der Waals surface area contributed by atoms with Gasteiger partial charge in [-0.25, -0.2) is 0 Å². The van der Waals surface area contributed by atoms with Crippen LogP contribution in [0.25, 0.3) is 0 Å². The third-order valence-electron chi connectivity index (χ3n) is 3.60. The Morgan fingerprint density at radius 2 is 1.21 bits per heavy atom. The minimum atomic E-state index is 0.0736. The highest BCUT2D eigenvalue weighted by Gasteiger charge is 2.39. The molecule has 14 heavy (non-hydrogen) atoms. The summed E-state index contributed by atoms with van der Waals surface area (Å²) in [4.78, 5) is 0. The van der Waals surface area contributed by atoms with Crippen molar-refractivity contribution in [3.05, 3.63) is 6.29 Å². The highest BCUT2D eigenvalue weighted by molar-refractivity contribution is 4.90. The van der Waals surface area contributed by atoms with E-state index in [-0.39, 0.29) is 11.2 Å². The lowest BCUT2D eigenvalue weighted by Gasteiger charge is -2.44. The van der Waals surface area contributed by atoms with Crippen molar-refractivity contribution in [1.29, 1.82) is 0 Å². The van der Waals surface area contributed by atoms with Gasteiger partial charge in [-0.05, 0) is 59.3 Å². The van der Waals surface area contributed by atoms with Gasteiger partial charge in [0.05, 0.1) is 11.2 Å². The van der Waals surface area contributed by atoms with Crippen molar-refractivity contribution in [3.63, 3.8) is 0 Å². The van der Waals surface area contributed by atoms with Crippen molar-refractivity contribution >= 4 is 0 Å². The zero-order chi connectivity index (χ0) is 10.2. The number of ether oxygens (including phenoxy) is 2. The van der Waals surface area contributed by atoms with Crippen LogP contribution in [0.3, 0.4) is 0 Å². The van der Waals surface area contributed by atoms with E-state index >= 15 is 0 Å². The molecule has 0 aromatic carbocycles. The van der Waals surface area contributed by atoms with Crippen LogP contribution in [-0.2, 0) is 9.47 Å². The zero-order valence-corrected chi connectivity index (χ0v) is 9.56. The van der Waals surface area contributed by atoms with Crippen LogP contribution >= 0.6 is 0 Å². The summed E-state index contributed by atoms with van der Waals surface area (Å²) in [5.41, 5.74) is 0.147. The van der Waals surface area contributed by atoms with Crippen LogP contribution in [0.15, 0.2) is 0 Å². The Kier molecular flexibility index (Phi) is 2.61. The Morgan fingerprint density at radius 1 is 0.857 bits per heavy atom. The zero-order valence-electron chi connectivity index (χ0n) is 9.56. The third kappa shape index (κ3) is 2.12. The van der Waals surface area contributed by atoms with Gasteiger partial charge in [0.2, 0.25) is 6.29 Å². The number of hydrogen-bond acceptors (Lipinski definition) is 2. The second kappa shape index (κ2) is 3.49. The van der Waals surface area contributed by atoms with Gasteiger partial charge in [-0.15, -0.1) is 0 Å². The van der Waals surface area contributed by atoms with Crippen LogP contribution < -0.4 is 0 Å². The molecule has 2 saturated carbocycles. The van der Waals surface area contributed by atoms with Gasteiger partial charge < -0.3 is 9.47 Å². The van der Waals surface area contributed by atoms with E-state index < -0.39 is 0 Å². The topological polar surface area (TPSA) is 18.5 Å². The van der Waals surface area contributed by atoms with Gasteiger partial charge in [0.1, 0.15) is 0 Å². The first-order valence-corrected chi connectivity index (χ1v) is 5.73. The average molecular weight is 197 g/mol. The minimum Gasteiger partial charge on any atom is -0.339 e. The fourth-order valence-electron chi connectivity index (χ4n) is 2.27. The van der Waals surface area contributed by atoms with Gasteiger partial charge in [-0.3, -0.25) is 0 Å². The van der Waals surface area contributed by atoms with Gasteiger partial charge in [-0.2, -0.15) is 0 Å². The average Bonchev–Trinajstić information content (AvgIpc) is 1.98. The second-order valence-corrected chi connectivity index (χ2v) is 5.30. The van der Waals surface area contributed by atoms with Crippen LogP contribution in [0.5, 0.6) is 0 Å². The molecule has 0 atom stereocenters. The van der Waals surface area contributed by atoms with Crippen molar-refractivity contribution in [2.45, 2.75) is 70.5 Å². The second-order valence-electron chi connectivity index (χ2n) is 5.30. The van der Waals surface area contributed by atoms with E-state index in [4.69, 9.17) is 9.47 Å². The van der Waals surface area contributed by atoms with Gasteiger partial charge >= 0.3 is 0 Å². The van der Waals surface area contributed by atoms with Gasteiger partial charge in [0.15, 0.2) is 0 Å². The van der Waals surface area contributed by atoms with Crippen molar-refractivity contribution < 1.29 is 9.47 Å². The molecule has 0 spiro atoms. The molecule has 2 fully saturated rings. The SMILES string of the molecule is C[C](OC1(C)CCC1)OC1(C)CCC1. The molecular weight excluding hydrogens is 176 g/mol. The first kappa shape index (κ1) is 10.4. The Hall–Kier alpha value is -0.0800. The summed E-state index contributed by atoms with van der Waals surface area (Å²) in [5.74, 6) is 0. The van der Waals surface area contributed by atoms with Gasteiger partial charge in [-0.1, -0.05) is 0 Å². The fourth-order valence-corrected chi connectivity index (χ4v) is 2.27. The largest absolute Gasteiger partial charge is 0.339 e. The van der Waals surface area contributed by atoms with Gasteiger partial charge in [0.25, 0.3) is 0 Å². The molecule has 2 aliphatic carbocycles. The summed E-state index contributed by atoms with van der Waals surface area (Å²) in [5, 5.41) is 0. The molecule has 0 heterocycles. The maximum absolute atomic E-state index is 5.84. The molecule has 1 radical (unpaired) electrons. The smallest absolute Gasteiger partial charge is 0.221 e. The molecule has 0 saturated heterocycles. The van der Waals surface area contributed by atoms with E-state index in [2.05, 4.69) is 13.8 Å². The summed E-state index contributed by atoms with van der Waals surface area (Å²) in [6.07, 6.45) is 8.04. The van der Waals surface area contributed by atoms with E-state index in [1.165, 1.54) is 38.5 Å². The summed E-state index contributed by atoms with van der Waals surface area (Å²) in [6, 6.07) is 0. The van der Waals surface area contributed by atoms with Crippen LogP contribution in [0, 0.1) is 6.29 Å². The highest BCUT2D eigenvalue weighted by atomic mass is 16.7. The first-order chi connectivity index (χ1) is 6.52. The molecule has 0 bridgehead atoms. The maximum Gasteiger partial charge on any atom is 0.221 e. The molecule has 0 aliphatic heterocycles. The molecular formula is C12H21O2. The van der Waals surface area contributed by atoms with Crippen molar-refractivity contribution in [2.75, 3.05) is 0 Å². The molecule has 0 unspecified atom stereocenters. The molecule has 0 amide bonds. The maximum atomic E-state index is 5.84. The normalized spacial score (nSPS) is 28.3. The minimum absolute atomic E-state index is 0.0736. The fraction of sp³-hybridized carbons (Fsp3) is 0.917. The van der Waals surface area contributed by atoms with E-state index in [0.29, 0.717) is 0 Å². The van der Waals surface area contributed by atoms with Crippen molar-refractivity contribution in [2.24, 2.45) is 0 Å². The number of hydrogen-bond donors (Lipinski definition) is 0. The lowest BCUT2D eigenvalue weighted by atomic mass is 9.81. The molecule has 2 heteroatoms. The molecule has 2 nitrogen and oxygen atoms in total. The molecule has 81 valence electrons. The van der Waals surface area contributed by atoms with E-state index in [9.17, 15) is 0 Å². The molecule has 2 rings (SSSR count). The summed E-state index contributed by atoms with van der Waals surface area (Å²) in [6.45, 7) is 6.30. The monoisotopic (exact) mass is 197 g/mol. The predicted octanol–water partition coefficient (Wildman–Crippen LogP) is 3.41. The van der Waals surface area contributed by atoms with Crippen LogP contribution in [0.1, 0.15) is 59.3 Å². The Labute approximate surface area is 87.0 Å². The predicted molar refractivity (Wildman–Crippen MR) is 55.6 cm³/mol.